The van der Waals surface area contributed by atoms with Gasteiger partial charge in [0.2, 0.25) is 0 Å². The molecule has 2 aliphatic heterocycles. The lowest BCUT2D eigenvalue weighted by atomic mass is 10.1. The predicted molar refractivity (Wildman–Crippen MR) is 102 cm³/mol. The van der Waals surface area contributed by atoms with Crippen molar-refractivity contribution in [3.63, 3.8) is 0 Å². The molecule has 7 heteroatoms. The van der Waals surface area contributed by atoms with Gasteiger partial charge >= 0.3 is 0 Å². The molecule has 5 nitrogen and oxygen atoms in total. The first-order valence-corrected chi connectivity index (χ1v) is 9.68. The Bertz CT molecular complexity index is 607. The van der Waals surface area contributed by atoms with E-state index in [-0.39, 0.29) is 5.82 Å². The summed E-state index contributed by atoms with van der Waals surface area (Å²) >= 11 is 3.40. The number of hydrogen-bond donors (Lipinski definition) is 1. The monoisotopic (exact) mass is 412 g/mol. The van der Waals surface area contributed by atoms with Gasteiger partial charge in [-0.15, -0.1) is 0 Å². The van der Waals surface area contributed by atoms with Crippen molar-refractivity contribution in [3.05, 3.63) is 34.1 Å². The van der Waals surface area contributed by atoms with Crippen LogP contribution in [-0.4, -0.2) is 74.8 Å². The number of hydrogen-bond acceptors (Lipinski definition) is 3. The second-order valence-electron chi connectivity index (χ2n) is 6.50. The van der Waals surface area contributed by atoms with Crippen LogP contribution in [0.15, 0.2) is 27.7 Å². The summed E-state index contributed by atoms with van der Waals surface area (Å²) in [6.07, 6.45) is 1.78. The van der Waals surface area contributed by atoms with Crippen molar-refractivity contribution in [1.82, 2.24) is 15.1 Å². The number of rotatable bonds is 4. The SMILES string of the molecule is CN=C(NCCc1cc(Br)ccc1F)N1CCC(N2CCOCC2)C1. The predicted octanol–water partition coefficient (Wildman–Crippen LogP) is 2.11. The second-order valence-corrected chi connectivity index (χ2v) is 7.41. The Morgan fingerprint density at radius 3 is 2.92 bits per heavy atom. The third-order valence-corrected chi connectivity index (χ3v) is 5.42. The number of guanidine groups is 1. The molecule has 3 rings (SSSR count). The van der Waals surface area contributed by atoms with Gasteiger partial charge in [-0.3, -0.25) is 9.89 Å². The minimum atomic E-state index is -0.159. The van der Waals surface area contributed by atoms with Crippen LogP contribution in [0.4, 0.5) is 4.39 Å². The van der Waals surface area contributed by atoms with E-state index in [0.29, 0.717) is 24.6 Å². The highest BCUT2D eigenvalue weighted by Gasteiger charge is 2.30. The van der Waals surface area contributed by atoms with Crippen molar-refractivity contribution in [3.8, 4) is 0 Å². The molecule has 1 atom stereocenters. The number of ether oxygens (including phenoxy) is 1. The average molecular weight is 413 g/mol. The first-order valence-electron chi connectivity index (χ1n) is 8.88. The summed E-state index contributed by atoms with van der Waals surface area (Å²) in [6.45, 7) is 6.37. The van der Waals surface area contributed by atoms with Gasteiger partial charge in [0.1, 0.15) is 5.82 Å². The lowest BCUT2D eigenvalue weighted by Gasteiger charge is -2.32. The first-order chi connectivity index (χ1) is 12.2. The van der Waals surface area contributed by atoms with E-state index in [0.717, 1.165) is 56.2 Å². The quantitative estimate of drug-likeness (QED) is 0.607. The topological polar surface area (TPSA) is 40.1 Å². The second kappa shape index (κ2) is 8.96. The number of benzene rings is 1. The molecule has 0 aromatic heterocycles. The van der Waals surface area contributed by atoms with E-state index in [1.54, 1.807) is 6.07 Å². The summed E-state index contributed by atoms with van der Waals surface area (Å²) in [5.74, 6) is 0.750. The third kappa shape index (κ3) is 4.92. The highest BCUT2D eigenvalue weighted by atomic mass is 79.9. The number of nitrogens with one attached hydrogen (secondary N) is 1. The number of aliphatic imine (C=N–C) groups is 1. The van der Waals surface area contributed by atoms with Crippen molar-refractivity contribution in [2.24, 2.45) is 4.99 Å². The van der Waals surface area contributed by atoms with Crippen LogP contribution >= 0.6 is 15.9 Å². The zero-order valence-corrected chi connectivity index (χ0v) is 16.3. The van der Waals surface area contributed by atoms with Gasteiger partial charge in [-0.1, -0.05) is 15.9 Å². The van der Waals surface area contributed by atoms with E-state index in [9.17, 15) is 4.39 Å². The molecule has 2 aliphatic rings. The Kier molecular flexibility index (Phi) is 6.67. The summed E-state index contributed by atoms with van der Waals surface area (Å²) < 4.78 is 20.2. The summed E-state index contributed by atoms with van der Waals surface area (Å²) in [5.41, 5.74) is 0.713. The molecule has 1 N–H and O–H groups in total. The van der Waals surface area contributed by atoms with E-state index in [1.165, 1.54) is 6.07 Å². The van der Waals surface area contributed by atoms with Gasteiger partial charge in [-0.05, 0) is 36.6 Å². The van der Waals surface area contributed by atoms with Crippen LogP contribution in [0.5, 0.6) is 0 Å². The minimum absolute atomic E-state index is 0.159. The van der Waals surface area contributed by atoms with Gasteiger partial charge < -0.3 is 15.0 Å². The molecule has 138 valence electrons. The fraction of sp³-hybridized carbons (Fsp3) is 0.611. The van der Waals surface area contributed by atoms with E-state index in [2.05, 4.69) is 36.0 Å². The first kappa shape index (κ1) is 18.6. The van der Waals surface area contributed by atoms with Gasteiger partial charge in [0.05, 0.1) is 13.2 Å². The molecule has 1 aromatic carbocycles. The molecule has 1 aromatic rings. The Labute approximate surface area is 157 Å². The number of morpholine rings is 1. The van der Waals surface area contributed by atoms with Crippen LogP contribution in [0, 0.1) is 5.82 Å². The van der Waals surface area contributed by atoms with Crippen LogP contribution in [0.2, 0.25) is 0 Å². The maximum Gasteiger partial charge on any atom is 0.193 e. The molecule has 0 radical (unpaired) electrons. The molecule has 0 aliphatic carbocycles. The maximum atomic E-state index is 13.8. The Hall–Kier alpha value is -1.18. The molecule has 2 fully saturated rings. The lowest BCUT2D eigenvalue weighted by molar-refractivity contribution is 0.0195. The third-order valence-electron chi connectivity index (χ3n) is 4.92. The van der Waals surface area contributed by atoms with Crippen LogP contribution in [0.25, 0.3) is 0 Å². The van der Waals surface area contributed by atoms with E-state index >= 15 is 0 Å². The zero-order valence-electron chi connectivity index (χ0n) is 14.7. The molecular weight excluding hydrogens is 387 g/mol. The molecule has 25 heavy (non-hydrogen) atoms. The molecular formula is C18H26BrFN4O. The van der Waals surface area contributed by atoms with Crippen molar-refractivity contribution < 1.29 is 9.13 Å². The van der Waals surface area contributed by atoms with Crippen molar-refractivity contribution in [1.29, 1.82) is 0 Å². The van der Waals surface area contributed by atoms with Gasteiger partial charge in [0, 0.05) is 50.3 Å². The smallest absolute Gasteiger partial charge is 0.193 e. The summed E-state index contributed by atoms with van der Waals surface area (Å²) in [4.78, 5) is 9.23. The van der Waals surface area contributed by atoms with Crippen LogP contribution in [0.1, 0.15) is 12.0 Å². The molecule has 2 saturated heterocycles. The Morgan fingerprint density at radius 2 is 2.16 bits per heavy atom. The van der Waals surface area contributed by atoms with Crippen LogP contribution < -0.4 is 5.32 Å². The Morgan fingerprint density at radius 1 is 1.36 bits per heavy atom. The highest BCUT2D eigenvalue weighted by Crippen LogP contribution is 2.18. The lowest BCUT2D eigenvalue weighted by Crippen LogP contribution is -2.46. The fourth-order valence-corrected chi connectivity index (χ4v) is 3.96. The van der Waals surface area contributed by atoms with E-state index in [4.69, 9.17) is 4.74 Å². The summed E-state index contributed by atoms with van der Waals surface area (Å²) in [6, 6.07) is 5.64. The molecule has 2 heterocycles. The Balaban J connectivity index is 1.49. The standard InChI is InChI=1S/C18H26BrFN4O/c1-21-18(22-6-4-14-12-15(19)2-3-17(14)20)24-7-5-16(13-24)23-8-10-25-11-9-23/h2-3,12,16H,4-11,13H2,1H3,(H,21,22). The normalized spacial score (nSPS) is 22.4. The number of nitrogens with zero attached hydrogens (tertiary/aromatic N) is 3. The molecule has 0 saturated carbocycles. The van der Waals surface area contributed by atoms with Crippen molar-refractivity contribution in [2.45, 2.75) is 18.9 Å². The highest BCUT2D eigenvalue weighted by molar-refractivity contribution is 9.10. The molecule has 0 bridgehead atoms. The summed E-state index contributed by atoms with van der Waals surface area (Å²) in [7, 11) is 1.81. The van der Waals surface area contributed by atoms with Gasteiger partial charge in [0.25, 0.3) is 0 Å². The van der Waals surface area contributed by atoms with Crippen LogP contribution in [-0.2, 0) is 11.2 Å². The molecule has 0 amide bonds. The van der Waals surface area contributed by atoms with Gasteiger partial charge in [-0.2, -0.15) is 0 Å². The van der Waals surface area contributed by atoms with Gasteiger partial charge in [-0.25, -0.2) is 4.39 Å². The van der Waals surface area contributed by atoms with Crippen LogP contribution in [0.3, 0.4) is 0 Å². The number of halogens is 2. The van der Waals surface area contributed by atoms with E-state index < -0.39 is 0 Å². The molecule has 1 unspecified atom stereocenters. The summed E-state index contributed by atoms with van der Waals surface area (Å²) in [5, 5.41) is 3.38. The fourth-order valence-electron chi connectivity index (χ4n) is 3.55. The van der Waals surface area contributed by atoms with Gasteiger partial charge in [0.15, 0.2) is 5.96 Å². The minimum Gasteiger partial charge on any atom is -0.379 e. The van der Waals surface area contributed by atoms with Crippen molar-refractivity contribution in [2.75, 3.05) is 53.0 Å². The maximum absolute atomic E-state index is 13.8. The average Bonchev–Trinajstić information content (AvgIpc) is 3.12. The number of likely N-dealkylation sites (tertiary alicyclic amines) is 1. The van der Waals surface area contributed by atoms with E-state index in [1.807, 2.05) is 13.1 Å². The van der Waals surface area contributed by atoms with Crippen molar-refractivity contribution >= 4 is 21.9 Å². The largest absolute Gasteiger partial charge is 0.379 e. The molecule has 0 spiro atoms. The zero-order chi connectivity index (χ0) is 17.6.